The van der Waals surface area contributed by atoms with E-state index in [0.29, 0.717) is 23.4 Å². The maximum atomic E-state index is 12.8. The van der Waals surface area contributed by atoms with Gasteiger partial charge in [0.1, 0.15) is 29.3 Å². The van der Waals surface area contributed by atoms with Gasteiger partial charge in [-0.15, -0.1) is 0 Å². The largest absolute Gasteiger partial charge is 0.497 e. The van der Waals surface area contributed by atoms with Crippen LogP contribution >= 0.6 is 11.6 Å². The van der Waals surface area contributed by atoms with Crippen LogP contribution in [0.4, 0.5) is 42.0 Å². The van der Waals surface area contributed by atoms with Crippen LogP contribution in [-0.4, -0.2) is 29.2 Å². The first kappa shape index (κ1) is 21.2. The van der Waals surface area contributed by atoms with E-state index in [1.54, 1.807) is 18.2 Å². The van der Waals surface area contributed by atoms with Gasteiger partial charge in [0, 0.05) is 12.3 Å². The number of alkyl halides is 3. The highest BCUT2D eigenvalue weighted by Gasteiger charge is 2.31. The van der Waals surface area contributed by atoms with Gasteiger partial charge in [-0.3, -0.25) is 0 Å². The lowest BCUT2D eigenvalue weighted by molar-refractivity contribution is -0.137. The van der Waals surface area contributed by atoms with Crippen LogP contribution in [0.25, 0.3) is 0 Å². The number of benzene rings is 1. The lowest BCUT2D eigenvalue weighted by Crippen LogP contribution is -2.08. The van der Waals surface area contributed by atoms with E-state index in [1.165, 1.54) is 20.5 Å². The van der Waals surface area contributed by atoms with Crippen LogP contribution in [0.5, 0.6) is 11.5 Å². The third-order valence-electron chi connectivity index (χ3n) is 3.95. The topological polar surface area (TPSA) is 107 Å². The number of nitrogen functional groups attached to an aromatic ring is 1. The number of nitrogens with zero attached hydrogens (tertiary/aromatic N) is 3. The van der Waals surface area contributed by atoms with Crippen molar-refractivity contribution in [2.45, 2.75) is 6.18 Å². The van der Waals surface area contributed by atoms with E-state index in [0.717, 1.165) is 6.07 Å². The van der Waals surface area contributed by atoms with Crippen molar-refractivity contribution in [2.24, 2.45) is 0 Å². The summed E-state index contributed by atoms with van der Waals surface area (Å²) in [6, 6.07) is 5.86. The van der Waals surface area contributed by atoms with Crippen molar-refractivity contribution in [1.29, 1.82) is 0 Å². The fourth-order valence-corrected chi connectivity index (χ4v) is 2.63. The number of anilines is 5. The Kier molecular flexibility index (Phi) is 6.01. The molecular weight excluding hydrogens is 425 g/mol. The third-order valence-corrected chi connectivity index (χ3v) is 4.24. The van der Waals surface area contributed by atoms with Crippen molar-refractivity contribution in [3.63, 3.8) is 0 Å². The smallest absolute Gasteiger partial charge is 0.417 e. The number of hydrogen-bond acceptors (Lipinski definition) is 8. The number of hydrogen-bond donors (Lipinski definition) is 3. The molecule has 30 heavy (non-hydrogen) atoms. The molecular formula is C18H16ClF3N6O2. The fourth-order valence-electron chi connectivity index (χ4n) is 2.42. The SMILES string of the molecule is COc1ccc(Nc2ncnc(Nc3ncc(C(F)(F)F)cc3Cl)c2N)c(OC)c1. The maximum Gasteiger partial charge on any atom is 0.417 e. The highest BCUT2D eigenvalue weighted by Crippen LogP contribution is 2.36. The normalized spacial score (nSPS) is 11.1. The van der Waals surface area contributed by atoms with Crippen LogP contribution in [0, 0.1) is 0 Å². The molecule has 2 heterocycles. The summed E-state index contributed by atoms with van der Waals surface area (Å²) < 4.78 is 48.8. The van der Waals surface area contributed by atoms with E-state index < -0.39 is 11.7 Å². The number of nitrogens with one attached hydrogen (secondary N) is 2. The minimum Gasteiger partial charge on any atom is -0.497 e. The molecule has 0 spiro atoms. The van der Waals surface area contributed by atoms with Crippen LogP contribution in [0.3, 0.4) is 0 Å². The Hall–Kier alpha value is -3.47. The summed E-state index contributed by atoms with van der Waals surface area (Å²) in [6.45, 7) is 0. The molecule has 3 rings (SSSR count). The second kappa shape index (κ2) is 8.49. The van der Waals surface area contributed by atoms with Gasteiger partial charge in [0.15, 0.2) is 11.6 Å². The number of rotatable bonds is 6. The molecule has 2 aromatic heterocycles. The summed E-state index contributed by atoms with van der Waals surface area (Å²) in [5.74, 6) is 1.38. The van der Waals surface area contributed by atoms with Crippen molar-refractivity contribution in [2.75, 3.05) is 30.6 Å². The molecule has 0 aliphatic carbocycles. The number of nitrogens with two attached hydrogens (primary N) is 1. The highest BCUT2D eigenvalue weighted by atomic mass is 35.5. The molecule has 3 aromatic rings. The number of halogens is 4. The summed E-state index contributed by atoms with van der Waals surface area (Å²) in [5.41, 5.74) is 5.79. The molecule has 0 aliphatic heterocycles. The molecule has 0 fully saturated rings. The van der Waals surface area contributed by atoms with Gasteiger partial charge in [0.05, 0.1) is 30.5 Å². The standard InChI is InChI=1S/C18H16ClF3N6O2/c1-29-10-3-4-12(13(6-10)30-2)27-16-14(23)17(26-8-25-16)28-15-11(19)5-9(7-24-15)18(20,21)22/h3-8H,23H2,1-2H3,(H2,24,25,26,27,28). The summed E-state index contributed by atoms with van der Waals surface area (Å²) in [7, 11) is 3.02. The second-order valence-electron chi connectivity index (χ2n) is 5.85. The number of methoxy groups -OCH3 is 2. The Morgan fingerprint density at radius 1 is 0.967 bits per heavy atom. The van der Waals surface area contributed by atoms with E-state index in [4.69, 9.17) is 26.8 Å². The van der Waals surface area contributed by atoms with Crippen LogP contribution < -0.4 is 25.8 Å². The van der Waals surface area contributed by atoms with Gasteiger partial charge in [-0.25, -0.2) is 15.0 Å². The van der Waals surface area contributed by atoms with Crippen molar-refractivity contribution in [3.8, 4) is 11.5 Å². The van der Waals surface area contributed by atoms with E-state index in [2.05, 4.69) is 25.6 Å². The molecule has 0 aliphatic rings. The van der Waals surface area contributed by atoms with Gasteiger partial charge in [0.2, 0.25) is 0 Å². The molecule has 0 radical (unpaired) electrons. The van der Waals surface area contributed by atoms with E-state index in [9.17, 15) is 13.2 Å². The lowest BCUT2D eigenvalue weighted by Gasteiger charge is -2.15. The first-order valence-corrected chi connectivity index (χ1v) is 8.70. The Morgan fingerprint density at radius 2 is 1.67 bits per heavy atom. The minimum atomic E-state index is -4.56. The van der Waals surface area contributed by atoms with E-state index >= 15 is 0 Å². The van der Waals surface area contributed by atoms with Gasteiger partial charge in [0.25, 0.3) is 0 Å². The molecule has 12 heteroatoms. The average Bonchev–Trinajstić information content (AvgIpc) is 2.71. The molecule has 0 atom stereocenters. The average molecular weight is 441 g/mol. The molecule has 158 valence electrons. The molecule has 4 N–H and O–H groups in total. The molecule has 0 amide bonds. The van der Waals surface area contributed by atoms with Crippen molar-refractivity contribution < 1.29 is 22.6 Å². The maximum absolute atomic E-state index is 12.8. The zero-order chi connectivity index (χ0) is 21.9. The Labute approximate surface area is 174 Å². The van der Waals surface area contributed by atoms with Gasteiger partial charge in [-0.05, 0) is 18.2 Å². The molecule has 0 saturated heterocycles. The van der Waals surface area contributed by atoms with Crippen LogP contribution in [0.2, 0.25) is 5.02 Å². The monoisotopic (exact) mass is 440 g/mol. The summed E-state index contributed by atoms with van der Waals surface area (Å²) >= 11 is 5.92. The minimum absolute atomic E-state index is 0.0388. The first-order valence-electron chi connectivity index (χ1n) is 8.32. The van der Waals surface area contributed by atoms with Crippen molar-refractivity contribution >= 4 is 40.4 Å². The predicted octanol–water partition coefficient (Wildman–Crippen LogP) is 4.63. The lowest BCUT2D eigenvalue weighted by atomic mass is 10.2. The summed E-state index contributed by atoms with van der Waals surface area (Å²) in [6.07, 6.45) is -2.68. The second-order valence-corrected chi connectivity index (χ2v) is 6.26. The van der Waals surface area contributed by atoms with Crippen molar-refractivity contribution in [3.05, 3.63) is 47.4 Å². The van der Waals surface area contributed by atoms with Gasteiger partial charge in [-0.2, -0.15) is 13.2 Å². The molecule has 8 nitrogen and oxygen atoms in total. The molecule has 0 unspecified atom stereocenters. The van der Waals surface area contributed by atoms with Crippen LogP contribution in [0.15, 0.2) is 36.8 Å². The highest BCUT2D eigenvalue weighted by molar-refractivity contribution is 6.33. The zero-order valence-electron chi connectivity index (χ0n) is 15.7. The van der Waals surface area contributed by atoms with Crippen LogP contribution in [-0.2, 0) is 6.18 Å². The van der Waals surface area contributed by atoms with E-state index in [-0.39, 0.29) is 28.2 Å². The Bertz CT molecular complexity index is 1060. The quantitative estimate of drug-likeness (QED) is 0.509. The zero-order valence-corrected chi connectivity index (χ0v) is 16.5. The summed E-state index contributed by atoms with van der Waals surface area (Å²) in [4.78, 5) is 11.8. The first-order chi connectivity index (χ1) is 14.2. The Balaban J connectivity index is 1.87. The predicted molar refractivity (Wildman–Crippen MR) is 107 cm³/mol. The third kappa shape index (κ3) is 4.57. The molecule has 0 saturated carbocycles. The molecule has 1 aromatic carbocycles. The number of pyridine rings is 1. The summed E-state index contributed by atoms with van der Waals surface area (Å²) in [5, 5.41) is 5.49. The van der Waals surface area contributed by atoms with Gasteiger partial charge in [-0.1, -0.05) is 11.6 Å². The Morgan fingerprint density at radius 3 is 2.27 bits per heavy atom. The fraction of sp³-hybridized carbons (Fsp3) is 0.167. The van der Waals surface area contributed by atoms with Crippen LogP contribution in [0.1, 0.15) is 5.56 Å². The van der Waals surface area contributed by atoms with Crippen molar-refractivity contribution in [1.82, 2.24) is 15.0 Å². The number of aromatic nitrogens is 3. The number of ether oxygens (including phenoxy) is 2. The molecule has 0 bridgehead atoms. The van der Waals surface area contributed by atoms with Gasteiger partial charge >= 0.3 is 6.18 Å². The van der Waals surface area contributed by atoms with Gasteiger partial charge < -0.3 is 25.8 Å². The van der Waals surface area contributed by atoms with E-state index in [1.807, 2.05) is 0 Å².